The van der Waals surface area contributed by atoms with Crippen molar-refractivity contribution in [2.24, 2.45) is 5.92 Å². The van der Waals surface area contributed by atoms with Crippen LogP contribution in [0.1, 0.15) is 20.3 Å². The van der Waals surface area contributed by atoms with Crippen molar-refractivity contribution >= 4 is 17.4 Å². The minimum Gasteiger partial charge on any atom is -0.385 e. The lowest BCUT2D eigenvalue weighted by molar-refractivity contribution is -0.0328. The van der Waals surface area contributed by atoms with Gasteiger partial charge in [0.25, 0.3) is 0 Å². The van der Waals surface area contributed by atoms with Gasteiger partial charge >= 0.3 is 5.51 Å². The van der Waals surface area contributed by atoms with E-state index in [-0.39, 0.29) is 16.7 Å². The van der Waals surface area contributed by atoms with Gasteiger partial charge in [0.15, 0.2) is 0 Å². The number of benzene rings is 1. The van der Waals surface area contributed by atoms with E-state index in [1.165, 1.54) is 12.1 Å². The van der Waals surface area contributed by atoms with Crippen LogP contribution < -0.4 is 5.32 Å². The third-order valence-electron chi connectivity index (χ3n) is 2.14. The Balaban J connectivity index is 2.45. The first-order valence-corrected chi connectivity index (χ1v) is 6.28. The lowest BCUT2D eigenvalue weighted by atomic mass is 10.1. The highest BCUT2D eigenvalue weighted by atomic mass is 32.2. The SMILES string of the molecule is CC(C)CCNc1ccc(SC(F)(F)F)cc1. The highest BCUT2D eigenvalue weighted by Crippen LogP contribution is 2.36. The number of hydrogen-bond acceptors (Lipinski definition) is 2. The molecule has 0 aliphatic carbocycles. The van der Waals surface area contributed by atoms with E-state index in [1.807, 2.05) is 0 Å². The first kappa shape index (κ1) is 14.2. The molecule has 1 nitrogen and oxygen atoms in total. The summed E-state index contributed by atoms with van der Waals surface area (Å²) < 4.78 is 36.2. The fraction of sp³-hybridized carbons (Fsp3) is 0.500. The van der Waals surface area contributed by atoms with E-state index in [0.29, 0.717) is 5.92 Å². The van der Waals surface area contributed by atoms with Gasteiger partial charge in [-0.1, -0.05) is 13.8 Å². The average molecular weight is 263 g/mol. The van der Waals surface area contributed by atoms with Crippen LogP contribution in [0.2, 0.25) is 0 Å². The lowest BCUT2D eigenvalue weighted by Gasteiger charge is -2.09. The summed E-state index contributed by atoms with van der Waals surface area (Å²) in [4.78, 5) is 0.215. The van der Waals surface area contributed by atoms with E-state index in [9.17, 15) is 13.2 Å². The summed E-state index contributed by atoms with van der Waals surface area (Å²) in [6, 6.07) is 6.31. The third-order valence-corrected chi connectivity index (χ3v) is 2.88. The van der Waals surface area contributed by atoms with Crippen LogP contribution >= 0.6 is 11.8 Å². The normalized spacial score (nSPS) is 11.9. The molecular weight excluding hydrogens is 247 g/mol. The zero-order chi connectivity index (χ0) is 12.9. The maximum absolute atomic E-state index is 12.1. The van der Waals surface area contributed by atoms with Gasteiger partial charge < -0.3 is 5.32 Å². The highest BCUT2D eigenvalue weighted by molar-refractivity contribution is 8.00. The topological polar surface area (TPSA) is 12.0 Å². The van der Waals surface area contributed by atoms with Gasteiger partial charge in [-0.3, -0.25) is 0 Å². The Bertz CT molecular complexity index is 333. The molecule has 0 spiro atoms. The van der Waals surface area contributed by atoms with Crippen molar-refractivity contribution in [3.05, 3.63) is 24.3 Å². The van der Waals surface area contributed by atoms with Crippen LogP contribution in [0.15, 0.2) is 29.2 Å². The fourth-order valence-corrected chi connectivity index (χ4v) is 1.82. The van der Waals surface area contributed by atoms with Gasteiger partial charge in [0.2, 0.25) is 0 Å². The number of thioether (sulfide) groups is 1. The van der Waals surface area contributed by atoms with E-state index in [0.717, 1.165) is 18.7 Å². The van der Waals surface area contributed by atoms with Crippen LogP contribution in [-0.4, -0.2) is 12.1 Å². The first-order chi connectivity index (χ1) is 7.87. The number of hydrogen-bond donors (Lipinski definition) is 1. The molecule has 1 aromatic carbocycles. The quantitative estimate of drug-likeness (QED) is 0.769. The van der Waals surface area contributed by atoms with E-state index in [2.05, 4.69) is 19.2 Å². The van der Waals surface area contributed by atoms with Crippen LogP contribution in [0.3, 0.4) is 0 Å². The van der Waals surface area contributed by atoms with Gasteiger partial charge in [-0.15, -0.1) is 0 Å². The number of rotatable bonds is 5. The molecule has 17 heavy (non-hydrogen) atoms. The van der Waals surface area contributed by atoms with Gasteiger partial charge in [0, 0.05) is 17.1 Å². The predicted octanol–water partition coefficient (Wildman–Crippen LogP) is 4.76. The van der Waals surface area contributed by atoms with Crippen molar-refractivity contribution in [3.8, 4) is 0 Å². The summed E-state index contributed by atoms with van der Waals surface area (Å²) in [5, 5.41) is 3.18. The molecule has 5 heteroatoms. The Morgan fingerprint density at radius 2 is 1.76 bits per heavy atom. The maximum Gasteiger partial charge on any atom is 0.446 e. The van der Waals surface area contributed by atoms with Crippen molar-refractivity contribution in [2.75, 3.05) is 11.9 Å². The molecule has 0 radical (unpaired) electrons. The second-order valence-corrected chi connectivity index (χ2v) is 5.32. The molecule has 0 fully saturated rings. The highest BCUT2D eigenvalue weighted by Gasteiger charge is 2.28. The van der Waals surface area contributed by atoms with E-state index in [1.54, 1.807) is 12.1 Å². The fourth-order valence-electron chi connectivity index (χ4n) is 1.28. The molecule has 0 atom stereocenters. The number of alkyl halides is 3. The number of anilines is 1. The second-order valence-electron chi connectivity index (χ2n) is 4.18. The van der Waals surface area contributed by atoms with Crippen molar-refractivity contribution < 1.29 is 13.2 Å². The zero-order valence-corrected chi connectivity index (χ0v) is 10.7. The lowest BCUT2D eigenvalue weighted by Crippen LogP contribution is -2.04. The molecule has 0 amide bonds. The molecule has 96 valence electrons. The largest absolute Gasteiger partial charge is 0.446 e. The minimum absolute atomic E-state index is 0.0896. The van der Waals surface area contributed by atoms with Gasteiger partial charge in [-0.25, -0.2) is 0 Å². The standard InChI is InChI=1S/C12H16F3NS/c1-9(2)7-8-16-10-3-5-11(6-4-10)17-12(13,14)15/h3-6,9,16H,7-8H2,1-2H3. The third kappa shape index (κ3) is 6.46. The molecule has 0 saturated carbocycles. The monoisotopic (exact) mass is 263 g/mol. The molecule has 0 aliphatic heterocycles. The van der Waals surface area contributed by atoms with Crippen molar-refractivity contribution in [2.45, 2.75) is 30.7 Å². The van der Waals surface area contributed by atoms with Crippen LogP contribution in [0.4, 0.5) is 18.9 Å². The molecule has 1 aromatic rings. The second kappa shape index (κ2) is 6.19. The van der Waals surface area contributed by atoms with E-state index < -0.39 is 5.51 Å². The van der Waals surface area contributed by atoms with Gasteiger partial charge in [-0.2, -0.15) is 13.2 Å². The van der Waals surface area contributed by atoms with E-state index >= 15 is 0 Å². The van der Waals surface area contributed by atoms with Crippen LogP contribution in [0.25, 0.3) is 0 Å². The molecule has 0 aliphatic rings. The molecule has 0 unspecified atom stereocenters. The summed E-state index contributed by atoms with van der Waals surface area (Å²) in [6.45, 7) is 5.10. The Morgan fingerprint density at radius 1 is 1.18 bits per heavy atom. The first-order valence-electron chi connectivity index (χ1n) is 5.46. The van der Waals surface area contributed by atoms with E-state index in [4.69, 9.17) is 0 Å². The zero-order valence-electron chi connectivity index (χ0n) is 9.84. The number of nitrogens with one attached hydrogen (secondary N) is 1. The Morgan fingerprint density at radius 3 is 2.24 bits per heavy atom. The number of halogens is 3. The minimum atomic E-state index is -4.22. The molecule has 0 aromatic heterocycles. The van der Waals surface area contributed by atoms with Gasteiger partial charge in [0.05, 0.1) is 0 Å². The van der Waals surface area contributed by atoms with Gasteiger partial charge in [-0.05, 0) is 48.4 Å². The Kier molecular flexibility index (Phi) is 5.18. The molecule has 1 rings (SSSR count). The molecule has 0 saturated heterocycles. The molecule has 0 heterocycles. The summed E-state index contributed by atoms with van der Waals surface area (Å²) in [6.07, 6.45) is 1.04. The van der Waals surface area contributed by atoms with Crippen LogP contribution in [-0.2, 0) is 0 Å². The summed E-state index contributed by atoms with van der Waals surface area (Å²) in [5.41, 5.74) is -3.36. The van der Waals surface area contributed by atoms with Crippen LogP contribution in [0.5, 0.6) is 0 Å². The average Bonchev–Trinajstić information content (AvgIpc) is 2.18. The summed E-state index contributed by atoms with van der Waals surface area (Å²) >= 11 is -0.0896. The maximum atomic E-state index is 12.1. The van der Waals surface area contributed by atoms with Crippen molar-refractivity contribution in [1.82, 2.24) is 0 Å². The van der Waals surface area contributed by atoms with Crippen molar-refractivity contribution in [3.63, 3.8) is 0 Å². The Labute approximate surface area is 104 Å². The molecule has 0 bridgehead atoms. The van der Waals surface area contributed by atoms with Crippen molar-refractivity contribution in [1.29, 1.82) is 0 Å². The molecule has 1 N–H and O–H groups in total. The summed E-state index contributed by atoms with van der Waals surface area (Å²) in [5.74, 6) is 0.613. The summed E-state index contributed by atoms with van der Waals surface area (Å²) in [7, 11) is 0. The van der Waals surface area contributed by atoms with Crippen LogP contribution in [0, 0.1) is 5.92 Å². The smallest absolute Gasteiger partial charge is 0.385 e. The Hall–Kier alpha value is -0.840. The molecular formula is C12H16F3NS. The van der Waals surface area contributed by atoms with Gasteiger partial charge in [0.1, 0.15) is 0 Å². The predicted molar refractivity (Wildman–Crippen MR) is 66.3 cm³/mol.